The molecule has 1 fully saturated rings. The lowest BCUT2D eigenvalue weighted by Crippen LogP contribution is -2.42. The summed E-state index contributed by atoms with van der Waals surface area (Å²) in [7, 11) is 0. The first-order valence-corrected chi connectivity index (χ1v) is 12.0. The summed E-state index contributed by atoms with van der Waals surface area (Å²) in [4.78, 5) is 34.4. The first-order chi connectivity index (χ1) is 17.5. The molecule has 1 aromatic heterocycles. The summed E-state index contributed by atoms with van der Waals surface area (Å²) in [6.45, 7) is 4.24. The maximum atomic E-state index is 12.6. The van der Waals surface area contributed by atoms with E-state index in [0.717, 1.165) is 36.4 Å². The highest BCUT2D eigenvalue weighted by atomic mass is 16.5. The smallest absolute Gasteiger partial charge is 0.307 e. The van der Waals surface area contributed by atoms with Crippen LogP contribution < -0.4 is 19.7 Å². The van der Waals surface area contributed by atoms with Crippen molar-refractivity contribution >= 4 is 17.8 Å². The molecule has 0 aliphatic carbocycles. The van der Waals surface area contributed by atoms with E-state index in [4.69, 9.17) is 14.6 Å². The lowest BCUT2D eigenvalue weighted by molar-refractivity contribution is -0.136. The van der Waals surface area contributed by atoms with Crippen molar-refractivity contribution in [3.63, 3.8) is 0 Å². The highest BCUT2D eigenvalue weighted by Crippen LogP contribution is 2.29. The summed E-state index contributed by atoms with van der Waals surface area (Å²) in [5, 5.41) is 11.8. The number of anilines is 1. The van der Waals surface area contributed by atoms with E-state index in [1.54, 1.807) is 18.2 Å². The molecule has 0 unspecified atom stereocenters. The summed E-state index contributed by atoms with van der Waals surface area (Å²) in [5.41, 5.74) is 1.87. The first-order valence-electron chi connectivity index (χ1n) is 12.0. The summed E-state index contributed by atoms with van der Waals surface area (Å²) in [6, 6.07) is 14.8. The zero-order chi connectivity index (χ0) is 25.3. The fourth-order valence-corrected chi connectivity index (χ4v) is 4.13. The summed E-state index contributed by atoms with van der Waals surface area (Å²) in [5.74, 6) is 0.831. The second-order valence-electron chi connectivity index (χ2n) is 8.55. The van der Waals surface area contributed by atoms with Gasteiger partial charge in [0.15, 0.2) is 11.5 Å². The quantitative estimate of drug-likeness (QED) is 0.444. The molecule has 1 atom stereocenters. The van der Waals surface area contributed by atoms with E-state index in [9.17, 15) is 9.59 Å². The minimum atomic E-state index is -0.893. The maximum absolute atomic E-state index is 12.6. The third kappa shape index (κ3) is 6.71. The predicted molar refractivity (Wildman–Crippen MR) is 134 cm³/mol. The minimum absolute atomic E-state index is 0.0242. The van der Waals surface area contributed by atoms with Crippen molar-refractivity contribution in [1.82, 2.24) is 15.3 Å². The molecule has 188 valence electrons. The number of aromatic nitrogens is 2. The number of carboxylic acid groups (broad SMARTS) is 1. The van der Waals surface area contributed by atoms with Crippen molar-refractivity contribution < 1.29 is 24.2 Å². The van der Waals surface area contributed by atoms with Crippen LogP contribution in [-0.4, -0.2) is 52.8 Å². The molecule has 1 aliphatic heterocycles. The van der Waals surface area contributed by atoms with Gasteiger partial charge in [-0.3, -0.25) is 9.59 Å². The highest BCUT2D eigenvalue weighted by molar-refractivity contribution is 5.93. The van der Waals surface area contributed by atoms with Gasteiger partial charge in [-0.1, -0.05) is 36.4 Å². The second kappa shape index (κ2) is 12.0. The third-order valence-electron chi connectivity index (χ3n) is 5.80. The van der Waals surface area contributed by atoms with E-state index >= 15 is 0 Å². The SMILES string of the molecule is CCOc1ccccc1O[C@@H]1CCCN(c2ncc(C(=O)NCc3cccc(CC(=O)O)c3)cn2)C1. The van der Waals surface area contributed by atoms with Gasteiger partial charge in [-0.25, -0.2) is 9.97 Å². The van der Waals surface area contributed by atoms with Gasteiger partial charge in [-0.15, -0.1) is 0 Å². The normalized spacial score (nSPS) is 15.2. The Hall–Kier alpha value is -4.14. The molecule has 0 spiro atoms. The van der Waals surface area contributed by atoms with Gasteiger partial charge in [0.05, 0.1) is 25.1 Å². The Kier molecular flexibility index (Phi) is 8.33. The van der Waals surface area contributed by atoms with E-state index in [2.05, 4.69) is 20.2 Å². The van der Waals surface area contributed by atoms with Crippen molar-refractivity contribution in [1.29, 1.82) is 0 Å². The van der Waals surface area contributed by atoms with Gasteiger partial charge in [0.25, 0.3) is 5.91 Å². The fourth-order valence-electron chi connectivity index (χ4n) is 4.13. The van der Waals surface area contributed by atoms with E-state index in [-0.39, 0.29) is 25.0 Å². The molecule has 3 aromatic rings. The van der Waals surface area contributed by atoms with E-state index in [0.29, 0.717) is 30.2 Å². The van der Waals surface area contributed by atoms with Crippen LogP contribution in [0.15, 0.2) is 60.9 Å². The van der Waals surface area contributed by atoms with Crippen LogP contribution in [0.25, 0.3) is 0 Å². The molecule has 0 bridgehead atoms. The Balaban J connectivity index is 1.33. The largest absolute Gasteiger partial charge is 0.490 e. The number of hydrogen-bond donors (Lipinski definition) is 2. The van der Waals surface area contributed by atoms with Gasteiger partial charge in [0, 0.05) is 25.5 Å². The second-order valence-corrected chi connectivity index (χ2v) is 8.55. The number of para-hydroxylation sites is 2. The summed E-state index contributed by atoms with van der Waals surface area (Å²) in [6.07, 6.45) is 4.82. The van der Waals surface area contributed by atoms with Crippen molar-refractivity contribution in [3.05, 3.63) is 77.6 Å². The average molecular weight is 491 g/mol. The fraction of sp³-hybridized carbons (Fsp3) is 0.333. The molecule has 1 amide bonds. The third-order valence-corrected chi connectivity index (χ3v) is 5.80. The summed E-state index contributed by atoms with van der Waals surface area (Å²) >= 11 is 0. The van der Waals surface area contributed by atoms with Crippen LogP contribution in [0, 0.1) is 0 Å². The number of carbonyl (C=O) groups is 2. The van der Waals surface area contributed by atoms with Gasteiger partial charge in [0.2, 0.25) is 5.95 Å². The Morgan fingerprint density at radius 1 is 1.08 bits per heavy atom. The van der Waals surface area contributed by atoms with E-state index < -0.39 is 5.97 Å². The number of carbonyl (C=O) groups excluding carboxylic acids is 1. The number of nitrogens with one attached hydrogen (secondary N) is 1. The molecule has 2 heterocycles. The van der Waals surface area contributed by atoms with Crippen molar-refractivity contribution in [2.75, 3.05) is 24.6 Å². The topological polar surface area (TPSA) is 114 Å². The number of ether oxygens (including phenoxy) is 2. The van der Waals surface area contributed by atoms with Gasteiger partial charge in [-0.05, 0) is 43.0 Å². The molecule has 1 aliphatic rings. The lowest BCUT2D eigenvalue weighted by Gasteiger charge is -2.33. The molecule has 2 aromatic carbocycles. The Labute approximate surface area is 210 Å². The van der Waals surface area contributed by atoms with Gasteiger partial charge >= 0.3 is 5.97 Å². The van der Waals surface area contributed by atoms with Crippen LogP contribution >= 0.6 is 0 Å². The number of rotatable bonds is 10. The highest BCUT2D eigenvalue weighted by Gasteiger charge is 2.24. The molecule has 2 N–H and O–H groups in total. The Bertz CT molecular complexity index is 1180. The van der Waals surface area contributed by atoms with Crippen LogP contribution in [-0.2, 0) is 17.8 Å². The van der Waals surface area contributed by atoms with Crippen molar-refractivity contribution in [2.45, 2.75) is 38.8 Å². The number of aliphatic carboxylic acids is 1. The first kappa shape index (κ1) is 25.0. The van der Waals surface area contributed by atoms with Crippen molar-refractivity contribution in [2.24, 2.45) is 0 Å². The molecular formula is C27H30N4O5. The standard InChI is InChI=1S/C27H30N4O5/c1-2-35-23-10-3-4-11-24(23)36-22-9-6-12-31(18-22)27-29-16-21(17-30-27)26(34)28-15-20-8-5-7-19(13-20)14-25(32)33/h3-5,7-8,10-11,13,16-17,22H,2,6,9,12,14-15,18H2,1H3,(H,28,34)(H,32,33)/t22-/m1/s1. The minimum Gasteiger partial charge on any atom is -0.490 e. The van der Waals surface area contributed by atoms with E-state index in [1.165, 1.54) is 12.4 Å². The number of piperidine rings is 1. The molecule has 4 rings (SSSR count). The van der Waals surface area contributed by atoms with Crippen LogP contribution in [0.4, 0.5) is 5.95 Å². The predicted octanol–water partition coefficient (Wildman–Crippen LogP) is 3.48. The number of benzene rings is 2. The molecule has 9 heteroatoms. The average Bonchev–Trinajstić information content (AvgIpc) is 2.89. The maximum Gasteiger partial charge on any atom is 0.307 e. The lowest BCUT2D eigenvalue weighted by atomic mass is 10.1. The van der Waals surface area contributed by atoms with Crippen LogP contribution in [0.3, 0.4) is 0 Å². The van der Waals surface area contributed by atoms with Crippen LogP contribution in [0.2, 0.25) is 0 Å². The van der Waals surface area contributed by atoms with Gasteiger partial charge in [0.1, 0.15) is 6.10 Å². The van der Waals surface area contributed by atoms with E-state index in [1.807, 2.05) is 37.3 Å². The molecular weight excluding hydrogens is 460 g/mol. The Morgan fingerprint density at radius 2 is 1.83 bits per heavy atom. The van der Waals surface area contributed by atoms with Gasteiger partial charge in [-0.2, -0.15) is 0 Å². The number of hydrogen-bond acceptors (Lipinski definition) is 7. The Morgan fingerprint density at radius 3 is 2.58 bits per heavy atom. The molecule has 0 radical (unpaired) electrons. The molecule has 9 nitrogen and oxygen atoms in total. The monoisotopic (exact) mass is 490 g/mol. The summed E-state index contributed by atoms with van der Waals surface area (Å²) < 4.78 is 11.9. The molecule has 36 heavy (non-hydrogen) atoms. The number of carboxylic acids is 1. The zero-order valence-electron chi connectivity index (χ0n) is 20.2. The number of nitrogens with zero attached hydrogens (tertiary/aromatic N) is 3. The van der Waals surface area contributed by atoms with Gasteiger partial charge < -0.3 is 24.8 Å². The van der Waals surface area contributed by atoms with Crippen LogP contribution in [0.5, 0.6) is 11.5 Å². The molecule has 0 saturated carbocycles. The molecule has 1 saturated heterocycles. The number of amides is 1. The zero-order valence-corrected chi connectivity index (χ0v) is 20.2. The van der Waals surface area contributed by atoms with Crippen molar-refractivity contribution in [3.8, 4) is 11.5 Å². The van der Waals surface area contributed by atoms with Crippen LogP contribution in [0.1, 0.15) is 41.3 Å².